The third-order valence-corrected chi connectivity index (χ3v) is 3.49. The van der Waals surface area contributed by atoms with Crippen LogP contribution in [0.4, 0.5) is 0 Å². The SMILES string of the molecule is Cc1[nH]cnc1CN1CCN(CC(=O)O)C(=O)[C@@H]1C. The van der Waals surface area contributed by atoms with Crippen LogP contribution in [0.5, 0.6) is 0 Å². The molecule has 7 heteroatoms. The lowest BCUT2D eigenvalue weighted by Crippen LogP contribution is -2.56. The molecule has 0 bridgehead atoms. The number of hydrogen-bond acceptors (Lipinski definition) is 4. The van der Waals surface area contributed by atoms with Gasteiger partial charge < -0.3 is 15.0 Å². The molecule has 0 unspecified atom stereocenters. The molecule has 2 heterocycles. The molecular weight excluding hydrogens is 248 g/mol. The standard InChI is InChI=1S/C12H18N4O3/c1-8-10(14-7-13-8)5-15-3-4-16(6-11(17)18)12(19)9(15)2/h7,9H,3-6H2,1-2H3,(H,13,14)(H,17,18)/t9-/m0/s1. The Kier molecular flexibility index (Phi) is 3.84. The number of carbonyl (C=O) groups is 2. The van der Waals surface area contributed by atoms with Crippen LogP contribution in [0.3, 0.4) is 0 Å². The van der Waals surface area contributed by atoms with Crippen LogP contribution in [-0.4, -0.2) is 62.4 Å². The summed E-state index contributed by atoms with van der Waals surface area (Å²) in [6.45, 7) is 5.22. The average Bonchev–Trinajstić information content (AvgIpc) is 2.74. The minimum atomic E-state index is -0.975. The summed E-state index contributed by atoms with van der Waals surface area (Å²) in [6, 6.07) is -0.316. The Morgan fingerprint density at radius 1 is 1.58 bits per heavy atom. The van der Waals surface area contributed by atoms with Crippen molar-refractivity contribution >= 4 is 11.9 Å². The van der Waals surface area contributed by atoms with Crippen molar-refractivity contribution < 1.29 is 14.7 Å². The highest BCUT2D eigenvalue weighted by atomic mass is 16.4. The third-order valence-electron chi connectivity index (χ3n) is 3.49. The summed E-state index contributed by atoms with van der Waals surface area (Å²) in [4.78, 5) is 33.4. The van der Waals surface area contributed by atoms with Gasteiger partial charge in [0.25, 0.3) is 0 Å². The second-order valence-electron chi connectivity index (χ2n) is 4.77. The number of rotatable bonds is 4. The number of carboxylic acids is 1. The summed E-state index contributed by atoms with van der Waals surface area (Å²) in [5, 5.41) is 8.76. The van der Waals surface area contributed by atoms with Gasteiger partial charge in [0.15, 0.2) is 0 Å². The van der Waals surface area contributed by atoms with Crippen LogP contribution in [0.2, 0.25) is 0 Å². The molecule has 1 aliphatic heterocycles. The van der Waals surface area contributed by atoms with Gasteiger partial charge in [-0.15, -0.1) is 0 Å². The summed E-state index contributed by atoms with van der Waals surface area (Å²) >= 11 is 0. The highest BCUT2D eigenvalue weighted by Crippen LogP contribution is 2.15. The molecule has 0 radical (unpaired) electrons. The van der Waals surface area contributed by atoms with Gasteiger partial charge in [-0.2, -0.15) is 0 Å². The first kappa shape index (κ1) is 13.5. The van der Waals surface area contributed by atoms with Gasteiger partial charge in [0.1, 0.15) is 6.54 Å². The molecule has 0 aliphatic carbocycles. The van der Waals surface area contributed by atoms with Crippen molar-refractivity contribution in [1.29, 1.82) is 0 Å². The molecule has 1 fully saturated rings. The quantitative estimate of drug-likeness (QED) is 0.790. The number of aromatic nitrogens is 2. The van der Waals surface area contributed by atoms with Crippen LogP contribution in [0.25, 0.3) is 0 Å². The van der Waals surface area contributed by atoms with Crippen LogP contribution >= 0.6 is 0 Å². The maximum absolute atomic E-state index is 12.1. The second-order valence-corrected chi connectivity index (χ2v) is 4.77. The maximum Gasteiger partial charge on any atom is 0.323 e. The molecule has 1 aliphatic rings. The molecule has 0 spiro atoms. The Hall–Kier alpha value is -1.89. The van der Waals surface area contributed by atoms with E-state index in [1.165, 1.54) is 4.90 Å². The van der Waals surface area contributed by atoms with Crippen molar-refractivity contribution in [1.82, 2.24) is 19.8 Å². The summed E-state index contributed by atoms with van der Waals surface area (Å²) < 4.78 is 0. The number of nitrogens with zero attached hydrogens (tertiary/aromatic N) is 3. The molecule has 0 aromatic carbocycles. The van der Waals surface area contributed by atoms with Gasteiger partial charge in [-0.25, -0.2) is 4.98 Å². The lowest BCUT2D eigenvalue weighted by atomic mass is 10.1. The fourth-order valence-electron chi connectivity index (χ4n) is 2.25. The van der Waals surface area contributed by atoms with Crippen molar-refractivity contribution in [2.24, 2.45) is 0 Å². The molecule has 7 nitrogen and oxygen atoms in total. The summed E-state index contributed by atoms with van der Waals surface area (Å²) in [5.41, 5.74) is 1.92. The van der Waals surface area contributed by atoms with E-state index in [0.29, 0.717) is 19.6 Å². The molecule has 2 rings (SSSR count). The minimum Gasteiger partial charge on any atom is -0.480 e. The van der Waals surface area contributed by atoms with Gasteiger partial charge in [-0.3, -0.25) is 14.5 Å². The molecule has 1 aromatic rings. The van der Waals surface area contributed by atoms with Crippen LogP contribution in [0.15, 0.2) is 6.33 Å². The van der Waals surface area contributed by atoms with Crippen LogP contribution < -0.4 is 0 Å². The number of H-pyrrole nitrogens is 1. The van der Waals surface area contributed by atoms with Gasteiger partial charge in [0, 0.05) is 25.3 Å². The predicted molar refractivity (Wildman–Crippen MR) is 67.4 cm³/mol. The number of aliphatic carboxylic acids is 1. The molecule has 19 heavy (non-hydrogen) atoms. The van der Waals surface area contributed by atoms with Gasteiger partial charge in [0.2, 0.25) is 5.91 Å². The Morgan fingerprint density at radius 2 is 2.32 bits per heavy atom. The number of carboxylic acid groups (broad SMARTS) is 1. The number of hydrogen-bond donors (Lipinski definition) is 2. The van der Waals surface area contributed by atoms with Crippen LogP contribution in [0.1, 0.15) is 18.3 Å². The van der Waals surface area contributed by atoms with E-state index >= 15 is 0 Å². The number of piperazine rings is 1. The Labute approximate surface area is 111 Å². The molecule has 1 atom stereocenters. The van der Waals surface area contributed by atoms with E-state index in [9.17, 15) is 9.59 Å². The number of carbonyl (C=O) groups excluding carboxylic acids is 1. The molecule has 1 amide bonds. The number of aryl methyl sites for hydroxylation is 1. The predicted octanol–water partition coefficient (Wildman–Crippen LogP) is -0.165. The van der Waals surface area contributed by atoms with Crippen LogP contribution in [-0.2, 0) is 16.1 Å². The molecule has 1 saturated heterocycles. The molecular formula is C12H18N4O3. The number of aromatic amines is 1. The van der Waals surface area contributed by atoms with Crippen molar-refractivity contribution in [3.05, 3.63) is 17.7 Å². The average molecular weight is 266 g/mol. The van der Waals surface area contributed by atoms with E-state index < -0.39 is 5.97 Å². The highest BCUT2D eigenvalue weighted by molar-refractivity contribution is 5.85. The van der Waals surface area contributed by atoms with Gasteiger partial charge in [-0.05, 0) is 13.8 Å². The normalized spacial score (nSPS) is 20.8. The molecule has 1 aromatic heterocycles. The second kappa shape index (κ2) is 5.40. The first-order chi connectivity index (χ1) is 8.99. The Balaban J connectivity index is 2.01. The third kappa shape index (κ3) is 2.93. The lowest BCUT2D eigenvalue weighted by Gasteiger charge is -2.38. The van der Waals surface area contributed by atoms with E-state index in [4.69, 9.17) is 5.11 Å². The zero-order chi connectivity index (χ0) is 14.0. The molecule has 2 N–H and O–H groups in total. The topological polar surface area (TPSA) is 89.5 Å². The number of amides is 1. The summed E-state index contributed by atoms with van der Waals surface area (Å²) in [6.07, 6.45) is 1.64. The smallest absolute Gasteiger partial charge is 0.323 e. The van der Waals surface area contributed by atoms with E-state index in [1.54, 1.807) is 13.3 Å². The Morgan fingerprint density at radius 3 is 2.89 bits per heavy atom. The van der Waals surface area contributed by atoms with Crippen molar-refractivity contribution in [3.8, 4) is 0 Å². The minimum absolute atomic E-state index is 0.137. The van der Waals surface area contributed by atoms with Gasteiger partial charge >= 0.3 is 5.97 Å². The fourth-order valence-corrected chi connectivity index (χ4v) is 2.25. The zero-order valence-electron chi connectivity index (χ0n) is 11.1. The van der Waals surface area contributed by atoms with Crippen molar-refractivity contribution in [3.63, 3.8) is 0 Å². The fraction of sp³-hybridized carbons (Fsp3) is 0.583. The van der Waals surface area contributed by atoms with E-state index in [0.717, 1.165) is 11.4 Å². The van der Waals surface area contributed by atoms with E-state index in [-0.39, 0.29) is 18.5 Å². The maximum atomic E-state index is 12.1. The molecule has 104 valence electrons. The lowest BCUT2D eigenvalue weighted by molar-refractivity contribution is -0.150. The number of imidazole rings is 1. The monoisotopic (exact) mass is 266 g/mol. The zero-order valence-corrected chi connectivity index (χ0v) is 11.1. The van der Waals surface area contributed by atoms with Gasteiger partial charge in [-0.1, -0.05) is 0 Å². The first-order valence-corrected chi connectivity index (χ1v) is 6.22. The Bertz CT molecular complexity index is 485. The highest BCUT2D eigenvalue weighted by Gasteiger charge is 2.32. The molecule has 0 saturated carbocycles. The summed E-state index contributed by atoms with van der Waals surface area (Å²) in [5.74, 6) is -1.11. The van der Waals surface area contributed by atoms with E-state index in [2.05, 4.69) is 9.97 Å². The number of nitrogens with one attached hydrogen (secondary N) is 1. The summed E-state index contributed by atoms with van der Waals surface area (Å²) in [7, 11) is 0. The largest absolute Gasteiger partial charge is 0.480 e. The van der Waals surface area contributed by atoms with Crippen LogP contribution in [0, 0.1) is 6.92 Å². The first-order valence-electron chi connectivity index (χ1n) is 6.22. The van der Waals surface area contributed by atoms with Crippen molar-refractivity contribution in [2.75, 3.05) is 19.6 Å². The van der Waals surface area contributed by atoms with Crippen molar-refractivity contribution in [2.45, 2.75) is 26.4 Å². The van der Waals surface area contributed by atoms with Gasteiger partial charge in [0.05, 0.1) is 18.1 Å². The van der Waals surface area contributed by atoms with E-state index in [1.807, 2.05) is 11.8 Å².